The summed E-state index contributed by atoms with van der Waals surface area (Å²) in [7, 11) is 0. The zero-order chi connectivity index (χ0) is 14.2. The van der Waals surface area contributed by atoms with Gasteiger partial charge in [-0.2, -0.15) is 0 Å². The van der Waals surface area contributed by atoms with E-state index in [4.69, 9.17) is 4.74 Å². The summed E-state index contributed by atoms with van der Waals surface area (Å²) in [6, 6.07) is 6.85. The largest absolute Gasteiger partial charge is 0.377 e. The zero-order valence-electron chi connectivity index (χ0n) is 11.4. The Balaban J connectivity index is 2.20. The van der Waals surface area contributed by atoms with Gasteiger partial charge in [0.2, 0.25) is 0 Å². The molecule has 0 bridgehead atoms. The maximum atomic E-state index is 12.2. The quantitative estimate of drug-likeness (QED) is 0.630. The number of carbonyl (C=O) groups excluding carboxylic acids is 2. The van der Waals surface area contributed by atoms with Crippen LogP contribution < -0.4 is 5.32 Å². The molecule has 1 amide bonds. The van der Waals surface area contributed by atoms with E-state index in [0.29, 0.717) is 25.2 Å². The fourth-order valence-electron chi connectivity index (χ4n) is 2.11. The van der Waals surface area contributed by atoms with Crippen molar-refractivity contribution in [1.29, 1.82) is 0 Å². The first-order valence-electron chi connectivity index (χ1n) is 6.88. The molecule has 0 radical (unpaired) electrons. The van der Waals surface area contributed by atoms with E-state index in [1.165, 1.54) is 0 Å². The zero-order valence-corrected chi connectivity index (χ0v) is 11.4. The van der Waals surface area contributed by atoms with Crippen LogP contribution in [-0.2, 0) is 16.1 Å². The van der Waals surface area contributed by atoms with Crippen LogP contribution >= 0.6 is 0 Å². The molecule has 1 N–H and O–H groups in total. The average Bonchev–Trinajstić information content (AvgIpc) is 2.49. The Morgan fingerprint density at radius 3 is 2.95 bits per heavy atom. The van der Waals surface area contributed by atoms with Crippen molar-refractivity contribution in [3.63, 3.8) is 0 Å². The number of allylic oxidation sites excluding steroid dienone is 1. The molecule has 0 fully saturated rings. The monoisotopic (exact) mass is 273 g/mol. The van der Waals surface area contributed by atoms with Crippen LogP contribution in [0.2, 0.25) is 0 Å². The Morgan fingerprint density at radius 2 is 2.10 bits per heavy atom. The van der Waals surface area contributed by atoms with Crippen molar-refractivity contribution in [3.05, 3.63) is 47.5 Å². The molecule has 0 saturated carbocycles. The Hall–Kier alpha value is -1.94. The maximum Gasteiger partial charge on any atom is 0.252 e. The van der Waals surface area contributed by atoms with E-state index in [9.17, 15) is 9.59 Å². The molecule has 106 valence electrons. The topological polar surface area (TPSA) is 55.4 Å². The van der Waals surface area contributed by atoms with Gasteiger partial charge in [0.15, 0.2) is 0 Å². The normalized spacial score (nSPS) is 22.4. The number of benzene rings is 1. The number of carbonyl (C=O) groups is 2. The molecule has 1 heterocycles. The maximum absolute atomic E-state index is 12.2. The van der Waals surface area contributed by atoms with Gasteiger partial charge < -0.3 is 14.8 Å². The van der Waals surface area contributed by atoms with Gasteiger partial charge in [0.25, 0.3) is 5.91 Å². The highest BCUT2D eigenvalue weighted by Crippen LogP contribution is 2.12. The molecule has 2 rings (SSSR count). The summed E-state index contributed by atoms with van der Waals surface area (Å²) in [5, 5.41) is 2.75. The lowest BCUT2D eigenvalue weighted by Crippen LogP contribution is -2.36. The summed E-state index contributed by atoms with van der Waals surface area (Å²) in [5.41, 5.74) is 1.42. The Bertz CT molecular complexity index is 496. The van der Waals surface area contributed by atoms with Crippen molar-refractivity contribution >= 4 is 12.2 Å². The minimum absolute atomic E-state index is 0.228. The molecule has 1 aromatic carbocycles. The van der Waals surface area contributed by atoms with Crippen LogP contribution in [0.15, 0.2) is 36.4 Å². The highest BCUT2D eigenvalue weighted by Gasteiger charge is 2.15. The highest BCUT2D eigenvalue weighted by molar-refractivity contribution is 5.97. The summed E-state index contributed by atoms with van der Waals surface area (Å²) in [6.07, 6.45) is 7.12. The smallest absolute Gasteiger partial charge is 0.252 e. The Labute approximate surface area is 118 Å². The molecule has 1 aliphatic heterocycles. The number of aldehydes is 1. The van der Waals surface area contributed by atoms with E-state index in [0.717, 1.165) is 24.7 Å². The molecule has 1 aromatic rings. The third kappa shape index (κ3) is 4.03. The molecular formula is C16H19NO3. The molecule has 1 aliphatic rings. The fraction of sp³-hybridized carbons (Fsp3) is 0.375. The van der Waals surface area contributed by atoms with E-state index in [1.807, 2.05) is 30.4 Å². The van der Waals surface area contributed by atoms with E-state index in [1.54, 1.807) is 6.07 Å². The van der Waals surface area contributed by atoms with Crippen LogP contribution in [0.3, 0.4) is 0 Å². The third-order valence-corrected chi connectivity index (χ3v) is 3.22. The molecule has 0 saturated heterocycles. The van der Waals surface area contributed by atoms with Crippen LogP contribution in [0.5, 0.6) is 0 Å². The van der Waals surface area contributed by atoms with Crippen molar-refractivity contribution in [3.8, 4) is 0 Å². The molecule has 20 heavy (non-hydrogen) atoms. The van der Waals surface area contributed by atoms with Gasteiger partial charge in [-0.1, -0.05) is 30.4 Å². The lowest BCUT2D eigenvalue weighted by atomic mass is 10.1. The molecule has 0 aromatic heterocycles. The predicted octanol–water partition coefficient (Wildman–Crippen LogP) is 2.24. The average molecular weight is 273 g/mol. The highest BCUT2D eigenvalue weighted by atomic mass is 16.5. The van der Waals surface area contributed by atoms with E-state index in [2.05, 4.69) is 5.32 Å². The first-order chi connectivity index (χ1) is 9.81. The van der Waals surface area contributed by atoms with Gasteiger partial charge in [0.1, 0.15) is 6.29 Å². The van der Waals surface area contributed by atoms with Crippen LogP contribution in [0, 0.1) is 0 Å². The number of fused-ring (bicyclic) bond motifs is 1. The number of rotatable bonds is 1. The van der Waals surface area contributed by atoms with Crippen molar-refractivity contribution in [2.24, 2.45) is 0 Å². The van der Waals surface area contributed by atoms with Crippen molar-refractivity contribution in [2.75, 3.05) is 6.61 Å². The second kappa shape index (κ2) is 7.60. The molecular weight excluding hydrogens is 254 g/mol. The van der Waals surface area contributed by atoms with Crippen molar-refractivity contribution in [1.82, 2.24) is 5.32 Å². The van der Waals surface area contributed by atoms with Crippen molar-refractivity contribution < 1.29 is 14.3 Å². The predicted molar refractivity (Wildman–Crippen MR) is 76.4 cm³/mol. The third-order valence-electron chi connectivity index (χ3n) is 3.22. The van der Waals surface area contributed by atoms with Gasteiger partial charge in [-0.05, 0) is 30.9 Å². The first kappa shape index (κ1) is 14.5. The van der Waals surface area contributed by atoms with Crippen LogP contribution in [-0.4, -0.2) is 24.8 Å². The van der Waals surface area contributed by atoms with E-state index in [-0.39, 0.29) is 5.91 Å². The second-order valence-electron chi connectivity index (χ2n) is 4.78. The standard InChI is InChI=1S/C16H19NO3/c18-11-14-8-3-1-2-6-10-20-12-13-7-4-5-9-15(13)16(19)17-14/h1,3-5,7,9,11,14H,2,6,8,10,12H2,(H,17,19)/b3-1-. The van der Waals surface area contributed by atoms with Gasteiger partial charge in [-0.25, -0.2) is 0 Å². The first-order valence-corrected chi connectivity index (χ1v) is 6.88. The summed E-state index contributed by atoms with van der Waals surface area (Å²) >= 11 is 0. The number of hydrogen-bond donors (Lipinski definition) is 1. The van der Waals surface area contributed by atoms with Crippen molar-refractivity contribution in [2.45, 2.75) is 31.9 Å². The molecule has 1 atom stereocenters. The summed E-state index contributed by atoms with van der Waals surface area (Å²) in [6.45, 7) is 1.08. The molecule has 4 heteroatoms. The molecule has 1 unspecified atom stereocenters. The number of hydrogen-bond acceptors (Lipinski definition) is 3. The van der Waals surface area contributed by atoms with E-state index < -0.39 is 6.04 Å². The lowest BCUT2D eigenvalue weighted by molar-refractivity contribution is -0.109. The van der Waals surface area contributed by atoms with Gasteiger partial charge in [0, 0.05) is 12.2 Å². The van der Waals surface area contributed by atoms with Crippen LogP contribution in [0.25, 0.3) is 0 Å². The molecule has 0 aliphatic carbocycles. The summed E-state index contributed by atoms with van der Waals surface area (Å²) in [5.74, 6) is -0.228. The SMILES string of the molecule is O=CC1C/C=C\CCCOCc2ccccc2C(=O)N1. The summed E-state index contributed by atoms with van der Waals surface area (Å²) in [4.78, 5) is 23.3. The molecule has 0 spiro atoms. The van der Waals surface area contributed by atoms with Gasteiger partial charge in [-0.15, -0.1) is 0 Å². The summed E-state index contributed by atoms with van der Waals surface area (Å²) < 4.78 is 5.59. The lowest BCUT2D eigenvalue weighted by Gasteiger charge is -2.13. The fourth-order valence-corrected chi connectivity index (χ4v) is 2.11. The Kier molecular flexibility index (Phi) is 5.50. The van der Waals surface area contributed by atoms with Gasteiger partial charge >= 0.3 is 0 Å². The van der Waals surface area contributed by atoms with E-state index >= 15 is 0 Å². The number of nitrogens with one attached hydrogen (secondary N) is 1. The number of amides is 1. The minimum Gasteiger partial charge on any atom is -0.377 e. The molecule has 4 nitrogen and oxygen atoms in total. The van der Waals surface area contributed by atoms with Crippen LogP contribution in [0.4, 0.5) is 0 Å². The number of ether oxygens (including phenoxy) is 1. The Morgan fingerprint density at radius 1 is 1.25 bits per heavy atom. The minimum atomic E-state index is -0.478. The van der Waals surface area contributed by atoms with Gasteiger partial charge in [-0.3, -0.25) is 4.79 Å². The van der Waals surface area contributed by atoms with Gasteiger partial charge in [0.05, 0.1) is 12.6 Å². The van der Waals surface area contributed by atoms with Crippen LogP contribution in [0.1, 0.15) is 35.2 Å². The second-order valence-corrected chi connectivity index (χ2v) is 4.78.